The number of nitrogens with zero attached hydrogens (tertiary/aromatic N) is 4. The molecule has 10 heteroatoms. The number of para-hydroxylation sites is 3. The number of phenolic OH excluding ortho intramolecular Hbond substituents is 1. The molecule has 0 spiro atoms. The summed E-state index contributed by atoms with van der Waals surface area (Å²) in [5.41, 5.74) is 4.16. The molecule has 6 aromatic rings. The second kappa shape index (κ2) is 14.1. The summed E-state index contributed by atoms with van der Waals surface area (Å²) in [6.45, 7) is 5.92. The molecule has 7 rings (SSSR count). The summed E-state index contributed by atoms with van der Waals surface area (Å²) in [7, 11) is 0. The van der Waals surface area contributed by atoms with Gasteiger partial charge in [-0.3, -0.25) is 14.5 Å². The van der Waals surface area contributed by atoms with Crippen molar-refractivity contribution in [3.8, 4) is 11.4 Å². The highest BCUT2D eigenvalue weighted by Crippen LogP contribution is 2.33. The predicted octanol–water partition coefficient (Wildman–Crippen LogP) is 7.80. The number of amides is 3. The van der Waals surface area contributed by atoms with Crippen LogP contribution in [0.15, 0.2) is 127 Å². The van der Waals surface area contributed by atoms with Gasteiger partial charge >= 0.3 is 6.09 Å². The van der Waals surface area contributed by atoms with E-state index < -0.39 is 11.7 Å². The number of aromatic hydroxyl groups is 1. The van der Waals surface area contributed by atoms with Crippen LogP contribution >= 0.6 is 0 Å². The minimum Gasteiger partial charge on any atom is -0.508 e. The molecule has 52 heavy (non-hydrogen) atoms. The topological polar surface area (TPSA) is 117 Å². The van der Waals surface area contributed by atoms with E-state index in [0.717, 1.165) is 11.1 Å². The first-order valence-corrected chi connectivity index (χ1v) is 17.2. The van der Waals surface area contributed by atoms with Crippen molar-refractivity contribution in [3.63, 3.8) is 0 Å². The summed E-state index contributed by atoms with van der Waals surface area (Å²) < 4.78 is 7.04. The van der Waals surface area contributed by atoms with Gasteiger partial charge < -0.3 is 20.1 Å². The third-order valence-electron chi connectivity index (χ3n) is 8.96. The van der Waals surface area contributed by atoms with Crippen LogP contribution in [-0.4, -0.2) is 55.9 Å². The van der Waals surface area contributed by atoms with Crippen LogP contribution in [0.2, 0.25) is 0 Å². The van der Waals surface area contributed by atoms with Gasteiger partial charge in [0.25, 0.3) is 11.8 Å². The number of anilines is 2. The maximum Gasteiger partial charge on any atom is 0.407 e. The molecule has 5 aromatic carbocycles. The Hall–Kier alpha value is -6.42. The van der Waals surface area contributed by atoms with Crippen molar-refractivity contribution in [2.75, 3.05) is 11.4 Å². The van der Waals surface area contributed by atoms with Gasteiger partial charge in [-0.05, 0) is 86.8 Å². The van der Waals surface area contributed by atoms with Crippen molar-refractivity contribution in [2.24, 2.45) is 0 Å². The summed E-state index contributed by atoms with van der Waals surface area (Å²) in [5.74, 6) is -0.662. The van der Waals surface area contributed by atoms with Gasteiger partial charge in [-0.1, -0.05) is 72.8 Å². The standard InChI is InChI=1S/C42H39N5O5/c1-42(2,3)52-41(51)43-26-32-24-28-14-10-11-15-29(28)27-45(32)39(49)35-20-12-13-21-36(35)47-37-25-33(48)22-23-34(37)38(44-47)40(50)46(30-16-6-4-7-17-30)31-18-8-5-9-19-31/h4-23,25,32,48H,24,26-27H2,1-3H3,(H,43,51)/t32-/m0/s1. The lowest BCUT2D eigenvalue weighted by Gasteiger charge is -2.37. The Balaban J connectivity index is 1.30. The minimum atomic E-state index is -0.669. The van der Waals surface area contributed by atoms with E-state index in [9.17, 15) is 19.5 Å². The molecule has 10 nitrogen and oxygen atoms in total. The van der Waals surface area contributed by atoms with Gasteiger partial charge in [-0.15, -0.1) is 0 Å². The van der Waals surface area contributed by atoms with Crippen molar-refractivity contribution < 1.29 is 24.2 Å². The molecular formula is C42H39N5O5. The number of ether oxygens (including phenoxy) is 1. The van der Waals surface area contributed by atoms with E-state index in [0.29, 0.717) is 46.5 Å². The SMILES string of the molecule is CC(C)(C)OC(=O)NC[C@@H]1Cc2ccccc2CN1C(=O)c1ccccc1-n1nc(C(=O)N(c2ccccc2)c2ccccc2)c2ccc(O)cc21. The van der Waals surface area contributed by atoms with E-state index in [1.165, 1.54) is 6.07 Å². The molecule has 0 unspecified atom stereocenters. The minimum absolute atomic E-state index is 0.0136. The fraction of sp³-hybridized carbons (Fsp3) is 0.190. The van der Waals surface area contributed by atoms with Crippen LogP contribution in [0.3, 0.4) is 0 Å². The Morgan fingerprint density at radius 1 is 0.827 bits per heavy atom. The second-order valence-electron chi connectivity index (χ2n) is 13.7. The summed E-state index contributed by atoms with van der Waals surface area (Å²) in [6, 6.07) is 38.1. The number of hydrogen-bond donors (Lipinski definition) is 2. The van der Waals surface area contributed by atoms with Crippen LogP contribution in [0, 0.1) is 0 Å². The normalized spacial score (nSPS) is 14.1. The molecule has 2 N–H and O–H groups in total. The summed E-state index contributed by atoms with van der Waals surface area (Å²) in [4.78, 5) is 45.4. The zero-order valence-electron chi connectivity index (χ0n) is 29.2. The molecule has 0 radical (unpaired) electrons. The van der Waals surface area contributed by atoms with E-state index in [4.69, 9.17) is 9.84 Å². The van der Waals surface area contributed by atoms with Crippen molar-refractivity contribution in [1.82, 2.24) is 20.0 Å². The highest BCUT2D eigenvalue weighted by Gasteiger charge is 2.33. The lowest BCUT2D eigenvalue weighted by molar-refractivity contribution is 0.0474. The fourth-order valence-corrected chi connectivity index (χ4v) is 6.61. The van der Waals surface area contributed by atoms with Crippen LogP contribution in [0.4, 0.5) is 16.2 Å². The van der Waals surface area contributed by atoms with Crippen molar-refractivity contribution >= 4 is 40.2 Å². The zero-order chi connectivity index (χ0) is 36.4. The van der Waals surface area contributed by atoms with E-state index in [-0.39, 0.29) is 35.8 Å². The number of fused-ring (bicyclic) bond motifs is 2. The van der Waals surface area contributed by atoms with Crippen molar-refractivity contribution in [1.29, 1.82) is 0 Å². The first-order chi connectivity index (χ1) is 25.1. The van der Waals surface area contributed by atoms with Gasteiger partial charge in [0.05, 0.1) is 22.8 Å². The van der Waals surface area contributed by atoms with Crippen LogP contribution in [0.25, 0.3) is 16.6 Å². The van der Waals surface area contributed by atoms with Crippen LogP contribution in [0.1, 0.15) is 52.7 Å². The number of carbonyl (C=O) groups excluding carboxylic acids is 3. The molecule has 0 saturated heterocycles. The highest BCUT2D eigenvalue weighted by molar-refractivity contribution is 6.16. The molecular weight excluding hydrogens is 654 g/mol. The predicted molar refractivity (Wildman–Crippen MR) is 200 cm³/mol. The molecule has 262 valence electrons. The number of aromatic nitrogens is 2. The maximum absolute atomic E-state index is 14.7. The average molecular weight is 694 g/mol. The Morgan fingerprint density at radius 2 is 1.44 bits per heavy atom. The van der Waals surface area contributed by atoms with Gasteiger partial charge in [-0.25, -0.2) is 9.48 Å². The fourth-order valence-electron chi connectivity index (χ4n) is 6.61. The largest absolute Gasteiger partial charge is 0.508 e. The average Bonchev–Trinajstić information content (AvgIpc) is 3.52. The summed E-state index contributed by atoms with van der Waals surface area (Å²) in [5, 5.41) is 18.9. The van der Waals surface area contributed by atoms with Crippen LogP contribution in [0.5, 0.6) is 5.75 Å². The summed E-state index contributed by atoms with van der Waals surface area (Å²) >= 11 is 0. The lowest BCUT2D eigenvalue weighted by atomic mass is 9.93. The monoisotopic (exact) mass is 693 g/mol. The highest BCUT2D eigenvalue weighted by atomic mass is 16.6. The Kier molecular flexibility index (Phi) is 9.21. The van der Waals surface area contributed by atoms with Crippen LogP contribution in [-0.2, 0) is 17.7 Å². The molecule has 1 atom stereocenters. The Labute approximate surface area is 301 Å². The number of alkyl carbamates (subject to hydrolysis) is 1. The van der Waals surface area contributed by atoms with Gasteiger partial charge in [0.1, 0.15) is 11.4 Å². The molecule has 3 amide bonds. The number of phenols is 1. The van der Waals surface area contributed by atoms with Gasteiger partial charge in [0.15, 0.2) is 5.69 Å². The molecule has 2 heterocycles. The molecule has 0 fully saturated rings. The molecule has 0 saturated carbocycles. The third kappa shape index (κ3) is 6.96. The van der Waals surface area contributed by atoms with Gasteiger partial charge in [0.2, 0.25) is 0 Å². The molecule has 0 aliphatic carbocycles. The van der Waals surface area contributed by atoms with Crippen molar-refractivity contribution in [3.05, 3.63) is 150 Å². The smallest absolute Gasteiger partial charge is 0.407 e. The quantitative estimate of drug-likeness (QED) is 0.176. The van der Waals surface area contributed by atoms with E-state index in [1.807, 2.05) is 84.9 Å². The number of rotatable bonds is 7. The molecule has 1 aliphatic rings. The second-order valence-corrected chi connectivity index (χ2v) is 13.7. The van der Waals surface area contributed by atoms with E-state index in [1.54, 1.807) is 71.7 Å². The molecule has 1 aromatic heterocycles. The number of hydrogen-bond acceptors (Lipinski definition) is 6. The summed E-state index contributed by atoms with van der Waals surface area (Å²) in [6.07, 6.45) is -0.0226. The first kappa shape index (κ1) is 34.0. The number of nitrogens with one attached hydrogen (secondary N) is 1. The van der Waals surface area contributed by atoms with E-state index >= 15 is 0 Å². The van der Waals surface area contributed by atoms with Crippen molar-refractivity contribution in [2.45, 2.75) is 45.4 Å². The zero-order valence-corrected chi connectivity index (χ0v) is 29.2. The van der Waals surface area contributed by atoms with Crippen LogP contribution < -0.4 is 10.2 Å². The first-order valence-electron chi connectivity index (χ1n) is 17.2. The Morgan fingerprint density at radius 3 is 2.12 bits per heavy atom. The van der Waals surface area contributed by atoms with E-state index in [2.05, 4.69) is 5.32 Å². The van der Waals surface area contributed by atoms with Gasteiger partial charge in [0, 0.05) is 35.9 Å². The van der Waals surface area contributed by atoms with Gasteiger partial charge in [-0.2, -0.15) is 5.10 Å². The lowest BCUT2D eigenvalue weighted by Crippen LogP contribution is -2.50. The molecule has 0 bridgehead atoms. The maximum atomic E-state index is 14.7. The number of benzene rings is 5. The Bertz CT molecular complexity index is 2220. The molecule has 1 aliphatic heterocycles. The third-order valence-corrected chi connectivity index (χ3v) is 8.96. The number of carbonyl (C=O) groups is 3.